The van der Waals surface area contributed by atoms with Gasteiger partial charge < -0.3 is 0 Å². The molecule has 1 aliphatic carbocycles. The van der Waals surface area contributed by atoms with E-state index in [0.717, 1.165) is 35.0 Å². The molecule has 0 aliphatic heterocycles. The van der Waals surface area contributed by atoms with Crippen molar-refractivity contribution >= 4 is 44.2 Å². The fraction of sp³-hybridized carbons (Fsp3) is 0.278. The van der Waals surface area contributed by atoms with Crippen molar-refractivity contribution in [3.63, 3.8) is 0 Å². The van der Waals surface area contributed by atoms with Gasteiger partial charge in [0.05, 0.1) is 16.3 Å². The monoisotopic (exact) mass is 357 g/mol. The average molecular weight is 358 g/mol. The first-order chi connectivity index (χ1) is 11.7. The summed E-state index contributed by atoms with van der Waals surface area (Å²) in [7, 11) is 0. The number of amides is 1. The van der Waals surface area contributed by atoms with Crippen LogP contribution >= 0.6 is 22.9 Å². The lowest BCUT2D eigenvalue weighted by Gasteiger charge is -2.30. The number of fused-ring (bicyclic) bond motifs is 1. The molecule has 0 saturated heterocycles. The second-order valence-electron chi connectivity index (χ2n) is 6.00. The van der Waals surface area contributed by atoms with E-state index < -0.39 is 0 Å². The van der Waals surface area contributed by atoms with E-state index in [9.17, 15) is 4.79 Å². The lowest BCUT2D eigenvalue weighted by Crippen LogP contribution is -2.38. The topological polar surface area (TPSA) is 46.1 Å². The van der Waals surface area contributed by atoms with Crippen LogP contribution in [0.25, 0.3) is 10.2 Å². The molecule has 4 rings (SSSR count). The van der Waals surface area contributed by atoms with Crippen LogP contribution in [-0.2, 0) is 11.3 Å². The Morgan fingerprint density at radius 3 is 2.83 bits per heavy atom. The summed E-state index contributed by atoms with van der Waals surface area (Å²) >= 11 is 7.75. The van der Waals surface area contributed by atoms with Crippen LogP contribution < -0.4 is 4.90 Å². The minimum Gasteiger partial charge on any atom is -0.283 e. The van der Waals surface area contributed by atoms with Gasteiger partial charge in [-0.25, -0.2) is 4.98 Å². The number of pyridine rings is 1. The highest BCUT2D eigenvalue weighted by Gasteiger charge is 2.31. The Balaban J connectivity index is 1.72. The number of para-hydroxylation sites is 1. The first-order valence-electron chi connectivity index (χ1n) is 7.98. The highest BCUT2D eigenvalue weighted by molar-refractivity contribution is 7.22. The fourth-order valence-electron chi connectivity index (χ4n) is 2.81. The molecule has 0 spiro atoms. The maximum atomic E-state index is 12.9. The average Bonchev–Trinajstić information content (AvgIpc) is 2.97. The molecule has 1 aliphatic rings. The molecule has 0 N–H and O–H groups in total. The highest BCUT2D eigenvalue weighted by atomic mass is 35.5. The van der Waals surface area contributed by atoms with E-state index in [0.29, 0.717) is 16.7 Å². The SMILES string of the molecule is O=C(C1CCC1)N(Cc1cccnc1)c1nc2c(Cl)cccc2s1. The minimum atomic E-state index is 0.115. The van der Waals surface area contributed by atoms with Gasteiger partial charge in [-0.2, -0.15) is 0 Å². The van der Waals surface area contributed by atoms with Gasteiger partial charge >= 0.3 is 0 Å². The zero-order valence-corrected chi connectivity index (χ0v) is 14.6. The number of rotatable bonds is 4. The van der Waals surface area contributed by atoms with E-state index in [1.165, 1.54) is 11.3 Å². The molecule has 24 heavy (non-hydrogen) atoms. The molecule has 6 heteroatoms. The van der Waals surface area contributed by atoms with Gasteiger partial charge in [-0.3, -0.25) is 14.7 Å². The standard InChI is InChI=1S/C18H16ClN3OS/c19-14-7-2-8-15-16(14)21-18(24-15)22(17(23)13-5-1-6-13)11-12-4-3-9-20-10-12/h2-4,7-10,13H,1,5-6,11H2. The highest BCUT2D eigenvalue weighted by Crippen LogP contribution is 2.36. The molecule has 4 nitrogen and oxygen atoms in total. The van der Waals surface area contributed by atoms with Gasteiger partial charge in [0, 0.05) is 18.3 Å². The van der Waals surface area contributed by atoms with Gasteiger partial charge in [0.15, 0.2) is 5.13 Å². The number of carbonyl (C=O) groups is 1. The van der Waals surface area contributed by atoms with Gasteiger partial charge in [0.2, 0.25) is 5.91 Å². The molecular formula is C18H16ClN3OS. The summed E-state index contributed by atoms with van der Waals surface area (Å²) < 4.78 is 0.995. The van der Waals surface area contributed by atoms with E-state index >= 15 is 0 Å². The van der Waals surface area contributed by atoms with Crippen LogP contribution in [-0.4, -0.2) is 15.9 Å². The summed E-state index contributed by atoms with van der Waals surface area (Å²) in [6.07, 6.45) is 6.59. The Kier molecular flexibility index (Phi) is 4.21. The molecule has 3 aromatic rings. The van der Waals surface area contributed by atoms with Crippen LogP contribution in [0.3, 0.4) is 0 Å². The Bertz CT molecular complexity index is 876. The normalized spacial score (nSPS) is 14.5. The zero-order valence-electron chi connectivity index (χ0n) is 13.0. The number of thiazole rings is 1. The van der Waals surface area contributed by atoms with Crippen LogP contribution in [0.15, 0.2) is 42.7 Å². The number of nitrogens with zero attached hydrogens (tertiary/aromatic N) is 3. The summed E-state index contributed by atoms with van der Waals surface area (Å²) in [4.78, 5) is 23.5. The summed E-state index contributed by atoms with van der Waals surface area (Å²) in [5.41, 5.74) is 1.76. The van der Waals surface area contributed by atoms with Crippen LogP contribution in [0.5, 0.6) is 0 Å². The largest absolute Gasteiger partial charge is 0.283 e. The van der Waals surface area contributed by atoms with Crippen LogP contribution in [0.4, 0.5) is 5.13 Å². The number of hydrogen-bond acceptors (Lipinski definition) is 4. The number of carbonyl (C=O) groups excluding carboxylic acids is 1. The van der Waals surface area contributed by atoms with Crippen LogP contribution in [0, 0.1) is 5.92 Å². The van der Waals surface area contributed by atoms with Gasteiger partial charge in [0.1, 0.15) is 5.52 Å². The second kappa shape index (κ2) is 6.49. The smallest absolute Gasteiger partial charge is 0.232 e. The zero-order chi connectivity index (χ0) is 16.5. The van der Waals surface area contributed by atoms with Crippen molar-refractivity contribution in [2.75, 3.05) is 4.90 Å². The van der Waals surface area contributed by atoms with E-state index in [2.05, 4.69) is 9.97 Å². The number of anilines is 1. The van der Waals surface area contributed by atoms with Gasteiger partial charge in [0.25, 0.3) is 0 Å². The maximum absolute atomic E-state index is 12.9. The first kappa shape index (κ1) is 15.5. The predicted molar refractivity (Wildman–Crippen MR) is 97.4 cm³/mol. The van der Waals surface area contributed by atoms with E-state index in [-0.39, 0.29) is 11.8 Å². The van der Waals surface area contributed by atoms with E-state index in [1.807, 2.05) is 30.3 Å². The molecule has 1 saturated carbocycles. The predicted octanol–water partition coefficient (Wildman–Crippen LogP) is 4.68. The van der Waals surface area contributed by atoms with Crippen molar-refractivity contribution in [2.24, 2.45) is 5.92 Å². The Labute approximate surface area is 149 Å². The molecule has 1 amide bonds. The molecule has 2 heterocycles. The summed E-state index contributed by atoms with van der Waals surface area (Å²) in [5, 5.41) is 1.33. The summed E-state index contributed by atoms with van der Waals surface area (Å²) in [5.74, 6) is 0.268. The van der Waals surface area contributed by atoms with Crippen molar-refractivity contribution in [3.05, 3.63) is 53.3 Å². The van der Waals surface area contributed by atoms with E-state index in [1.54, 1.807) is 17.3 Å². The minimum absolute atomic E-state index is 0.115. The third-order valence-corrected chi connectivity index (χ3v) is 5.72. The second-order valence-corrected chi connectivity index (χ2v) is 7.41. The third-order valence-electron chi connectivity index (χ3n) is 4.37. The number of hydrogen-bond donors (Lipinski definition) is 0. The molecule has 0 atom stereocenters. The van der Waals surface area contributed by atoms with Crippen molar-refractivity contribution in [2.45, 2.75) is 25.8 Å². The van der Waals surface area contributed by atoms with Gasteiger partial charge in [-0.05, 0) is 36.6 Å². The van der Waals surface area contributed by atoms with Crippen molar-refractivity contribution in [1.82, 2.24) is 9.97 Å². The van der Waals surface area contributed by atoms with Gasteiger partial charge in [-0.1, -0.05) is 41.5 Å². The maximum Gasteiger partial charge on any atom is 0.232 e. The fourth-order valence-corrected chi connectivity index (χ4v) is 4.08. The molecule has 0 unspecified atom stereocenters. The Morgan fingerprint density at radius 1 is 1.29 bits per heavy atom. The molecular weight excluding hydrogens is 342 g/mol. The first-order valence-corrected chi connectivity index (χ1v) is 9.17. The molecule has 0 bridgehead atoms. The molecule has 1 fully saturated rings. The van der Waals surface area contributed by atoms with Crippen molar-refractivity contribution in [1.29, 1.82) is 0 Å². The molecule has 2 aromatic heterocycles. The van der Waals surface area contributed by atoms with Crippen molar-refractivity contribution < 1.29 is 4.79 Å². The van der Waals surface area contributed by atoms with Crippen molar-refractivity contribution in [3.8, 4) is 0 Å². The number of aromatic nitrogens is 2. The van der Waals surface area contributed by atoms with Gasteiger partial charge in [-0.15, -0.1) is 0 Å². The Hall–Kier alpha value is -1.98. The summed E-state index contributed by atoms with van der Waals surface area (Å²) in [6.45, 7) is 0.487. The molecule has 0 radical (unpaired) electrons. The lowest BCUT2D eigenvalue weighted by molar-refractivity contribution is -0.124. The number of benzene rings is 1. The lowest BCUT2D eigenvalue weighted by atomic mass is 9.84. The summed E-state index contributed by atoms with van der Waals surface area (Å²) in [6, 6.07) is 9.59. The van der Waals surface area contributed by atoms with Crippen LogP contribution in [0.1, 0.15) is 24.8 Å². The number of halogens is 1. The molecule has 1 aromatic carbocycles. The van der Waals surface area contributed by atoms with Crippen LogP contribution in [0.2, 0.25) is 5.02 Å². The molecule has 122 valence electrons. The third kappa shape index (κ3) is 2.89. The van der Waals surface area contributed by atoms with E-state index in [4.69, 9.17) is 11.6 Å². The quantitative estimate of drug-likeness (QED) is 0.681. The Morgan fingerprint density at radius 2 is 2.17 bits per heavy atom.